The molecule has 104 valence electrons. The monoisotopic (exact) mass is 407 g/mol. The number of hydrogen-bond acceptors (Lipinski definition) is 1. The Morgan fingerprint density at radius 2 is 1.45 bits per heavy atom. The molecule has 2 rings (SSSR count). The maximum Gasteiger partial charge on any atom is 0.261 e. The Hall–Kier alpha value is -1.34. The van der Waals surface area contributed by atoms with E-state index < -0.39 is 28.9 Å². The Balaban J connectivity index is 2.33. The Morgan fingerprint density at radius 1 is 0.900 bits per heavy atom. The topological polar surface area (TPSA) is 29.1 Å². The Morgan fingerprint density at radius 3 is 2.00 bits per heavy atom. The molecule has 7 heteroatoms. The van der Waals surface area contributed by atoms with Crippen molar-refractivity contribution in [1.29, 1.82) is 0 Å². The van der Waals surface area contributed by atoms with Gasteiger partial charge in [0.1, 0.15) is 23.0 Å². The van der Waals surface area contributed by atoms with E-state index in [2.05, 4.69) is 37.2 Å². The molecule has 0 saturated heterocycles. The fourth-order valence-electron chi connectivity index (χ4n) is 1.53. The van der Waals surface area contributed by atoms with E-state index in [9.17, 15) is 18.0 Å². The van der Waals surface area contributed by atoms with E-state index in [0.29, 0.717) is 4.47 Å². The van der Waals surface area contributed by atoms with Gasteiger partial charge in [-0.1, -0.05) is 31.9 Å². The van der Waals surface area contributed by atoms with Crippen LogP contribution in [0.25, 0.3) is 0 Å². The lowest BCUT2D eigenvalue weighted by Crippen LogP contribution is -2.16. The van der Waals surface area contributed by atoms with E-state index in [-0.39, 0.29) is 10.2 Å². The summed E-state index contributed by atoms with van der Waals surface area (Å²) in [7, 11) is 0. The minimum atomic E-state index is -1.06. The van der Waals surface area contributed by atoms with E-state index in [1.165, 1.54) is 12.1 Å². The molecule has 1 N–H and O–H groups in total. The van der Waals surface area contributed by atoms with Crippen molar-refractivity contribution in [2.24, 2.45) is 0 Å². The third-order valence-electron chi connectivity index (χ3n) is 2.41. The molecular formula is C13H6Br2F3NO. The fraction of sp³-hybridized carbons (Fsp3) is 0. The molecule has 0 unspecified atom stereocenters. The molecular weight excluding hydrogens is 403 g/mol. The lowest BCUT2D eigenvalue weighted by molar-refractivity contribution is 0.101. The molecule has 0 fully saturated rings. The first-order valence-electron chi connectivity index (χ1n) is 5.29. The van der Waals surface area contributed by atoms with Crippen molar-refractivity contribution < 1.29 is 18.0 Å². The second kappa shape index (κ2) is 5.97. The van der Waals surface area contributed by atoms with Gasteiger partial charge in [-0.3, -0.25) is 4.79 Å². The zero-order valence-electron chi connectivity index (χ0n) is 9.68. The van der Waals surface area contributed by atoms with Gasteiger partial charge in [-0.15, -0.1) is 0 Å². The summed E-state index contributed by atoms with van der Waals surface area (Å²) in [6.07, 6.45) is 0. The molecule has 0 aromatic heterocycles. The van der Waals surface area contributed by atoms with Crippen LogP contribution in [0.4, 0.5) is 18.9 Å². The van der Waals surface area contributed by atoms with Crippen LogP contribution in [0, 0.1) is 17.5 Å². The molecule has 0 atom stereocenters. The number of anilines is 1. The van der Waals surface area contributed by atoms with Crippen LogP contribution in [0.1, 0.15) is 10.4 Å². The summed E-state index contributed by atoms with van der Waals surface area (Å²) in [6, 6.07) is 5.81. The number of nitrogens with one attached hydrogen (secondary N) is 1. The van der Waals surface area contributed by atoms with E-state index >= 15 is 0 Å². The highest BCUT2D eigenvalue weighted by Crippen LogP contribution is 2.23. The van der Waals surface area contributed by atoms with Gasteiger partial charge in [-0.25, -0.2) is 13.2 Å². The number of hydrogen-bond donors (Lipinski definition) is 1. The van der Waals surface area contributed by atoms with Gasteiger partial charge in [0, 0.05) is 8.95 Å². The van der Waals surface area contributed by atoms with Crippen LogP contribution >= 0.6 is 31.9 Å². The van der Waals surface area contributed by atoms with E-state index in [1.807, 2.05) is 0 Å². The predicted octanol–water partition coefficient (Wildman–Crippen LogP) is 4.88. The number of amides is 1. The standard InChI is InChI=1S/C13H6Br2F3NO/c14-6-1-2-11(8(16)3-6)19-13(20)12-9(17)4-7(15)5-10(12)18/h1-5H,(H,19,20). The summed E-state index contributed by atoms with van der Waals surface area (Å²) in [5.74, 6) is -3.85. The highest BCUT2D eigenvalue weighted by molar-refractivity contribution is 9.10. The minimum absolute atomic E-state index is 0.166. The smallest absolute Gasteiger partial charge is 0.261 e. The van der Waals surface area contributed by atoms with Gasteiger partial charge in [0.05, 0.1) is 5.69 Å². The molecule has 0 saturated carbocycles. The van der Waals surface area contributed by atoms with Gasteiger partial charge < -0.3 is 5.32 Å². The Kier molecular flexibility index (Phi) is 4.49. The molecule has 2 aromatic carbocycles. The molecule has 0 radical (unpaired) electrons. The first-order chi connectivity index (χ1) is 9.38. The van der Waals surface area contributed by atoms with Crippen molar-refractivity contribution in [2.75, 3.05) is 5.32 Å². The van der Waals surface area contributed by atoms with Crippen LogP contribution in [0.2, 0.25) is 0 Å². The second-order valence-electron chi connectivity index (χ2n) is 3.82. The zero-order chi connectivity index (χ0) is 14.9. The lowest BCUT2D eigenvalue weighted by atomic mass is 10.1. The van der Waals surface area contributed by atoms with Crippen molar-refractivity contribution in [3.05, 3.63) is 62.3 Å². The predicted molar refractivity (Wildman–Crippen MR) is 76.1 cm³/mol. The molecule has 1 amide bonds. The van der Waals surface area contributed by atoms with Crippen molar-refractivity contribution in [3.63, 3.8) is 0 Å². The van der Waals surface area contributed by atoms with Gasteiger partial charge >= 0.3 is 0 Å². The van der Waals surface area contributed by atoms with Crippen LogP contribution in [-0.4, -0.2) is 5.91 Å². The highest BCUT2D eigenvalue weighted by Gasteiger charge is 2.19. The summed E-state index contributed by atoms with van der Waals surface area (Å²) >= 11 is 5.97. The second-order valence-corrected chi connectivity index (χ2v) is 5.65. The maximum atomic E-state index is 13.6. The first kappa shape index (κ1) is 15.1. The van der Waals surface area contributed by atoms with Gasteiger partial charge in [0.2, 0.25) is 0 Å². The third kappa shape index (κ3) is 3.21. The van der Waals surface area contributed by atoms with Crippen molar-refractivity contribution >= 4 is 43.5 Å². The molecule has 0 spiro atoms. The van der Waals surface area contributed by atoms with Gasteiger partial charge in [0.25, 0.3) is 5.91 Å². The minimum Gasteiger partial charge on any atom is -0.319 e. The van der Waals surface area contributed by atoms with E-state index in [0.717, 1.165) is 18.2 Å². The molecule has 2 aromatic rings. The normalized spacial score (nSPS) is 10.4. The van der Waals surface area contributed by atoms with Crippen LogP contribution in [-0.2, 0) is 0 Å². The quantitative estimate of drug-likeness (QED) is 0.753. The third-order valence-corrected chi connectivity index (χ3v) is 3.36. The van der Waals surface area contributed by atoms with Crippen molar-refractivity contribution in [3.8, 4) is 0 Å². The average Bonchev–Trinajstić information content (AvgIpc) is 2.31. The van der Waals surface area contributed by atoms with Crippen LogP contribution in [0.3, 0.4) is 0 Å². The van der Waals surface area contributed by atoms with Gasteiger partial charge in [0.15, 0.2) is 0 Å². The van der Waals surface area contributed by atoms with E-state index in [1.54, 1.807) is 0 Å². The van der Waals surface area contributed by atoms with Crippen molar-refractivity contribution in [1.82, 2.24) is 0 Å². The van der Waals surface area contributed by atoms with Crippen LogP contribution in [0.15, 0.2) is 39.3 Å². The molecule has 0 aliphatic heterocycles. The largest absolute Gasteiger partial charge is 0.319 e. The van der Waals surface area contributed by atoms with Crippen LogP contribution in [0.5, 0.6) is 0 Å². The number of rotatable bonds is 2. The number of carbonyl (C=O) groups is 1. The van der Waals surface area contributed by atoms with Gasteiger partial charge in [-0.2, -0.15) is 0 Å². The van der Waals surface area contributed by atoms with E-state index in [4.69, 9.17) is 0 Å². The number of benzene rings is 2. The summed E-state index contributed by atoms with van der Waals surface area (Å²) in [5, 5.41) is 2.12. The summed E-state index contributed by atoms with van der Waals surface area (Å²) < 4.78 is 41.4. The van der Waals surface area contributed by atoms with Crippen molar-refractivity contribution in [2.45, 2.75) is 0 Å². The number of halogens is 5. The molecule has 0 bridgehead atoms. The average molecular weight is 409 g/mol. The Labute approximate surface area is 129 Å². The Bertz CT molecular complexity index is 668. The zero-order valence-corrected chi connectivity index (χ0v) is 12.9. The molecule has 2 nitrogen and oxygen atoms in total. The SMILES string of the molecule is O=C(Nc1ccc(Br)cc1F)c1c(F)cc(Br)cc1F. The first-order valence-corrected chi connectivity index (χ1v) is 6.88. The highest BCUT2D eigenvalue weighted by atomic mass is 79.9. The molecule has 0 heterocycles. The summed E-state index contributed by atoms with van der Waals surface area (Å²) in [4.78, 5) is 11.8. The van der Waals surface area contributed by atoms with Gasteiger partial charge in [-0.05, 0) is 30.3 Å². The fourth-order valence-corrected chi connectivity index (χ4v) is 2.27. The maximum absolute atomic E-state index is 13.6. The van der Waals surface area contributed by atoms with Crippen LogP contribution < -0.4 is 5.32 Å². The lowest BCUT2D eigenvalue weighted by Gasteiger charge is -2.08. The summed E-state index contributed by atoms with van der Waals surface area (Å²) in [6.45, 7) is 0. The number of carbonyl (C=O) groups excluding carboxylic acids is 1. The summed E-state index contributed by atoms with van der Waals surface area (Å²) in [5.41, 5.74) is -0.935. The molecule has 0 aliphatic carbocycles. The molecule has 0 aliphatic rings. The molecule has 20 heavy (non-hydrogen) atoms.